The molecule has 1 aromatic carbocycles. The highest BCUT2D eigenvalue weighted by molar-refractivity contribution is 6.03. The fourth-order valence-electron chi connectivity index (χ4n) is 4.06. The van der Waals surface area contributed by atoms with Crippen molar-refractivity contribution in [3.63, 3.8) is 0 Å². The van der Waals surface area contributed by atoms with Gasteiger partial charge in [-0.15, -0.1) is 0 Å². The molecule has 1 aliphatic heterocycles. The lowest BCUT2D eigenvalue weighted by Gasteiger charge is -2.19. The molecule has 3 N–H and O–H groups in total. The van der Waals surface area contributed by atoms with Crippen molar-refractivity contribution >= 4 is 40.4 Å². The monoisotopic (exact) mass is 467 g/mol. The van der Waals surface area contributed by atoms with Crippen LogP contribution >= 0.6 is 0 Å². The van der Waals surface area contributed by atoms with Gasteiger partial charge in [-0.1, -0.05) is 12.1 Å². The Kier molecular flexibility index (Phi) is 6.35. The normalized spacial score (nSPS) is 15.8. The Morgan fingerprint density at radius 3 is 2.82 bits per heavy atom. The summed E-state index contributed by atoms with van der Waals surface area (Å²) in [6.45, 7) is 3.34. The molecule has 1 atom stereocenters. The summed E-state index contributed by atoms with van der Waals surface area (Å²) in [7, 11) is 1.72. The van der Waals surface area contributed by atoms with E-state index >= 15 is 0 Å². The van der Waals surface area contributed by atoms with Gasteiger partial charge in [0.2, 0.25) is 11.8 Å². The van der Waals surface area contributed by atoms with E-state index in [1.165, 1.54) is 0 Å². The van der Waals surface area contributed by atoms with Crippen molar-refractivity contribution in [1.82, 2.24) is 20.1 Å². The fraction of sp³-hybridized carbons (Fsp3) is 0.348. The first-order valence-electron chi connectivity index (χ1n) is 10.9. The third-order valence-corrected chi connectivity index (χ3v) is 5.61. The zero-order chi connectivity index (χ0) is 24.4. The highest BCUT2D eigenvalue weighted by Gasteiger charge is 2.32. The van der Waals surface area contributed by atoms with Gasteiger partial charge in [0.25, 0.3) is 5.91 Å². The number of anilines is 1. The van der Waals surface area contributed by atoms with Crippen LogP contribution < -0.4 is 15.4 Å². The summed E-state index contributed by atoms with van der Waals surface area (Å²) in [5.41, 5.74) is 2.09. The number of aromatic amines is 1. The fourth-order valence-corrected chi connectivity index (χ4v) is 4.06. The van der Waals surface area contributed by atoms with Crippen LogP contribution in [0.3, 0.4) is 0 Å². The second-order valence-electron chi connectivity index (χ2n) is 7.94. The molecule has 0 radical (unpaired) electrons. The van der Waals surface area contributed by atoms with E-state index in [-0.39, 0.29) is 42.8 Å². The van der Waals surface area contributed by atoms with Crippen LogP contribution in [-0.2, 0) is 26.2 Å². The van der Waals surface area contributed by atoms with Crippen molar-refractivity contribution in [2.45, 2.75) is 32.6 Å². The number of imide groups is 1. The maximum atomic E-state index is 12.6. The molecule has 178 valence electrons. The van der Waals surface area contributed by atoms with Crippen LogP contribution in [0.4, 0.5) is 5.82 Å². The summed E-state index contributed by atoms with van der Waals surface area (Å²) in [6, 6.07) is 5.27. The number of hydrogen-bond acceptors (Lipinski definition) is 7. The second kappa shape index (κ2) is 9.38. The molecule has 1 unspecified atom stereocenters. The van der Waals surface area contributed by atoms with Crippen molar-refractivity contribution in [3.05, 3.63) is 41.2 Å². The zero-order valence-electron chi connectivity index (χ0n) is 19.1. The second-order valence-corrected chi connectivity index (χ2v) is 7.94. The Balaban J connectivity index is 1.51. The largest absolute Gasteiger partial charge is 0.481 e. The summed E-state index contributed by atoms with van der Waals surface area (Å²) in [6.07, 6.45) is 2.23. The average Bonchev–Trinajstić information content (AvgIpc) is 3.32. The number of fused-ring (bicyclic) bond motifs is 1. The van der Waals surface area contributed by atoms with E-state index in [0.29, 0.717) is 34.3 Å². The van der Waals surface area contributed by atoms with E-state index in [1.807, 2.05) is 6.07 Å². The number of para-hydroxylation sites is 1. The number of aryl methyl sites for hydroxylation is 2. The first-order chi connectivity index (χ1) is 16.3. The number of hydrogen-bond donors (Lipinski definition) is 3. The first kappa shape index (κ1) is 23.0. The standard InChI is InChI=1S/C23H25N5O6/c1-4-33-23(32)18-12(2)10-24-21(18)25-17(30)11-34-15-7-5-6-13-19(27-28(3)20(13)15)14-8-9-16(29)26-22(14)31/h5-7,10,14,24H,4,8-9,11H2,1-3H3,(H,25,30)(H,26,29,31). The van der Waals surface area contributed by atoms with Gasteiger partial charge in [-0.2, -0.15) is 5.10 Å². The molecule has 3 aromatic rings. The minimum Gasteiger partial charge on any atom is -0.481 e. The Bertz CT molecular complexity index is 1290. The third-order valence-electron chi connectivity index (χ3n) is 5.61. The predicted molar refractivity (Wildman–Crippen MR) is 121 cm³/mol. The predicted octanol–water partition coefficient (Wildman–Crippen LogP) is 1.92. The topological polar surface area (TPSA) is 144 Å². The molecule has 0 saturated carbocycles. The van der Waals surface area contributed by atoms with Gasteiger partial charge < -0.3 is 19.8 Å². The smallest absolute Gasteiger partial charge is 0.342 e. The summed E-state index contributed by atoms with van der Waals surface area (Å²) < 4.78 is 12.4. The summed E-state index contributed by atoms with van der Waals surface area (Å²) in [4.78, 5) is 51.5. The number of carbonyl (C=O) groups is 4. The van der Waals surface area contributed by atoms with E-state index in [9.17, 15) is 19.2 Å². The Morgan fingerprint density at radius 1 is 1.29 bits per heavy atom. The van der Waals surface area contributed by atoms with Gasteiger partial charge in [0, 0.05) is 25.1 Å². The number of amides is 3. The molecule has 3 amide bonds. The van der Waals surface area contributed by atoms with Crippen LogP contribution in [0.2, 0.25) is 0 Å². The number of nitrogens with one attached hydrogen (secondary N) is 3. The number of H-pyrrole nitrogens is 1. The first-order valence-corrected chi connectivity index (χ1v) is 10.9. The maximum Gasteiger partial charge on any atom is 0.342 e. The number of carbonyl (C=O) groups excluding carboxylic acids is 4. The number of benzene rings is 1. The molecule has 1 saturated heterocycles. The lowest BCUT2D eigenvalue weighted by Crippen LogP contribution is -2.39. The Hall–Kier alpha value is -4.15. The SMILES string of the molecule is CCOC(=O)c1c(C)c[nH]c1NC(=O)COc1cccc2c(C3CCC(=O)NC3=O)nn(C)c12. The highest BCUT2D eigenvalue weighted by Crippen LogP contribution is 2.34. The summed E-state index contributed by atoms with van der Waals surface area (Å²) in [5, 5.41) is 10.2. The van der Waals surface area contributed by atoms with Crippen molar-refractivity contribution in [3.8, 4) is 5.75 Å². The summed E-state index contributed by atoms with van der Waals surface area (Å²) >= 11 is 0. The van der Waals surface area contributed by atoms with Gasteiger partial charge in [0.05, 0.1) is 18.2 Å². The van der Waals surface area contributed by atoms with E-state index in [1.54, 1.807) is 43.9 Å². The van der Waals surface area contributed by atoms with Crippen LogP contribution in [0.25, 0.3) is 10.9 Å². The molecule has 11 heteroatoms. The lowest BCUT2D eigenvalue weighted by molar-refractivity contribution is -0.134. The van der Waals surface area contributed by atoms with Gasteiger partial charge >= 0.3 is 5.97 Å². The third kappa shape index (κ3) is 4.36. The van der Waals surface area contributed by atoms with E-state index in [2.05, 4.69) is 20.7 Å². The van der Waals surface area contributed by atoms with Crippen molar-refractivity contribution < 1.29 is 28.7 Å². The van der Waals surface area contributed by atoms with Crippen LogP contribution in [0.5, 0.6) is 5.75 Å². The van der Waals surface area contributed by atoms with E-state index < -0.39 is 17.8 Å². The van der Waals surface area contributed by atoms with Gasteiger partial charge in [-0.25, -0.2) is 4.79 Å². The molecular weight excluding hydrogens is 442 g/mol. The van der Waals surface area contributed by atoms with Crippen molar-refractivity contribution in [2.75, 3.05) is 18.5 Å². The number of aromatic nitrogens is 3. The van der Waals surface area contributed by atoms with E-state index in [4.69, 9.17) is 9.47 Å². The molecular formula is C23H25N5O6. The lowest BCUT2D eigenvalue weighted by atomic mass is 9.93. The van der Waals surface area contributed by atoms with Crippen LogP contribution in [0.1, 0.15) is 47.3 Å². The van der Waals surface area contributed by atoms with Crippen LogP contribution in [0.15, 0.2) is 24.4 Å². The quantitative estimate of drug-likeness (QED) is 0.356. The molecule has 1 aliphatic rings. The van der Waals surface area contributed by atoms with Crippen LogP contribution in [-0.4, -0.2) is 51.7 Å². The molecule has 11 nitrogen and oxygen atoms in total. The number of ether oxygens (including phenoxy) is 2. The Morgan fingerprint density at radius 2 is 2.09 bits per heavy atom. The number of rotatable bonds is 7. The van der Waals surface area contributed by atoms with Crippen molar-refractivity contribution in [2.24, 2.45) is 7.05 Å². The van der Waals surface area contributed by atoms with Gasteiger partial charge in [-0.3, -0.25) is 24.4 Å². The molecule has 34 heavy (non-hydrogen) atoms. The van der Waals surface area contributed by atoms with Crippen molar-refractivity contribution in [1.29, 1.82) is 0 Å². The zero-order valence-corrected chi connectivity index (χ0v) is 19.1. The highest BCUT2D eigenvalue weighted by atomic mass is 16.5. The minimum absolute atomic E-state index is 0.218. The van der Waals surface area contributed by atoms with Gasteiger partial charge in [-0.05, 0) is 31.9 Å². The number of nitrogens with zero attached hydrogens (tertiary/aromatic N) is 2. The maximum absolute atomic E-state index is 12.6. The molecule has 1 fully saturated rings. The molecule has 2 aromatic heterocycles. The Labute approximate surface area is 194 Å². The molecule has 0 bridgehead atoms. The average molecular weight is 467 g/mol. The van der Waals surface area contributed by atoms with Gasteiger partial charge in [0.15, 0.2) is 6.61 Å². The van der Waals surface area contributed by atoms with E-state index in [0.717, 1.165) is 0 Å². The molecule has 3 heterocycles. The molecule has 0 spiro atoms. The summed E-state index contributed by atoms with van der Waals surface area (Å²) in [5.74, 6) is -1.56. The minimum atomic E-state index is -0.544. The molecule has 0 aliphatic carbocycles. The van der Waals surface area contributed by atoms with Crippen LogP contribution in [0, 0.1) is 6.92 Å². The van der Waals surface area contributed by atoms with Gasteiger partial charge in [0.1, 0.15) is 22.6 Å². The number of piperidine rings is 1. The number of esters is 1. The molecule has 4 rings (SSSR count).